The molecule has 0 saturated carbocycles. The summed E-state index contributed by atoms with van der Waals surface area (Å²) in [5, 5.41) is 0. The molecule has 0 radical (unpaired) electrons. The van der Waals surface area contributed by atoms with Gasteiger partial charge in [0.15, 0.2) is 5.78 Å². The Kier molecular flexibility index (Phi) is 8.33. The zero-order chi connectivity index (χ0) is 17.2. The monoisotopic (exact) mass is 320 g/mol. The van der Waals surface area contributed by atoms with E-state index in [0.717, 1.165) is 25.0 Å². The normalized spacial score (nSPS) is 16.3. The van der Waals surface area contributed by atoms with Gasteiger partial charge in [0.1, 0.15) is 0 Å². The van der Waals surface area contributed by atoms with E-state index in [1.807, 2.05) is 11.0 Å². The summed E-state index contributed by atoms with van der Waals surface area (Å²) >= 11 is 0. The Labute approximate surface area is 139 Å². The van der Waals surface area contributed by atoms with Crippen molar-refractivity contribution in [1.29, 1.82) is 0 Å². The van der Waals surface area contributed by atoms with Crippen LogP contribution in [0.15, 0.2) is 36.2 Å². The van der Waals surface area contributed by atoms with E-state index in [1.165, 1.54) is 6.08 Å². The highest BCUT2D eigenvalue weighted by Gasteiger charge is 2.25. The smallest absolute Gasteiger partial charge is 0.246 e. The predicted molar refractivity (Wildman–Crippen MR) is 91.7 cm³/mol. The highest BCUT2D eigenvalue weighted by Crippen LogP contribution is 2.19. The molecule has 128 valence electrons. The van der Waals surface area contributed by atoms with E-state index < -0.39 is 0 Å². The lowest BCUT2D eigenvalue weighted by Crippen LogP contribution is -2.46. The SMILES string of the molecule is C=C1CN(C(=O)/C=C/COC)CCN1/C(=C\CCCC)C(C)=O. The van der Waals surface area contributed by atoms with E-state index in [9.17, 15) is 9.59 Å². The average molecular weight is 320 g/mol. The van der Waals surface area contributed by atoms with Crippen molar-refractivity contribution >= 4 is 11.7 Å². The lowest BCUT2D eigenvalue weighted by Gasteiger charge is -2.38. The number of amides is 1. The Morgan fingerprint density at radius 2 is 2.09 bits per heavy atom. The van der Waals surface area contributed by atoms with Crippen LogP contribution >= 0.6 is 0 Å². The fourth-order valence-electron chi connectivity index (χ4n) is 2.48. The standard InChI is InChI=1S/C18H28N2O3/c1-5-6-7-9-17(16(3)21)20-12-11-19(14-15(20)2)18(22)10-8-13-23-4/h8-10H,2,5-7,11-14H2,1,3-4H3/b10-8+,17-9-. The molecule has 5 nitrogen and oxygen atoms in total. The first-order valence-electron chi connectivity index (χ1n) is 8.12. The number of methoxy groups -OCH3 is 1. The summed E-state index contributed by atoms with van der Waals surface area (Å²) in [6, 6.07) is 0. The average Bonchev–Trinajstić information content (AvgIpc) is 2.52. The van der Waals surface area contributed by atoms with Crippen LogP contribution in [0.1, 0.15) is 33.1 Å². The predicted octanol–water partition coefficient (Wildman–Crippen LogP) is 2.51. The minimum absolute atomic E-state index is 0.0435. The number of carbonyl (C=O) groups is 2. The number of rotatable bonds is 8. The lowest BCUT2D eigenvalue weighted by atomic mass is 10.1. The number of ketones is 1. The van der Waals surface area contributed by atoms with Gasteiger partial charge in [-0.3, -0.25) is 9.59 Å². The van der Waals surface area contributed by atoms with Crippen LogP contribution in [0.2, 0.25) is 0 Å². The van der Waals surface area contributed by atoms with E-state index >= 15 is 0 Å². The van der Waals surface area contributed by atoms with Crippen molar-refractivity contribution in [1.82, 2.24) is 9.80 Å². The Morgan fingerprint density at radius 3 is 2.65 bits per heavy atom. The number of allylic oxidation sites excluding steroid dienone is 2. The molecule has 0 bridgehead atoms. The van der Waals surface area contributed by atoms with Crippen LogP contribution in [0.5, 0.6) is 0 Å². The van der Waals surface area contributed by atoms with Gasteiger partial charge in [-0.2, -0.15) is 0 Å². The van der Waals surface area contributed by atoms with Crippen molar-refractivity contribution in [3.63, 3.8) is 0 Å². The molecule has 1 heterocycles. The van der Waals surface area contributed by atoms with Gasteiger partial charge in [-0.05, 0) is 12.8 Å². The minimum Gasteiger partial charge on any atom is -0.381 e. The molecular formula is C18H28N2O3. The molecule has 0 unspecified atom stereocenters. The number of hydrogen-bond donors (Lipinski definition) is 0. The van der Waals surface area contributed by atoms with Crippen LogP contribution in [0, 0.1) is 0 Å². The maximum absolute atomic E-state index is 12.1. The third kappa shape index (κ3) is 6.02. The second kappa shape index (κ2) is 10.0. The van der Waals surface area contributed by atoms with Gasteiger partial charge < -0.3 is 14.5 Å². The van der Waals surface area contributed by atoms with Crippen LogP contribution < -0.4 is 0 Å². The first-order chi connectivity index (χ1) is 11.0. The number of piperazine rings is 1. The van der Waals surface area contributed by atoms with Crippen molar-refractivity contribution in [3.05, 3.63) is 36.2 Å². The van der Waals surface area contributed by atoms with Crippen LogP contribution in [0.3, 0.4) is 0 Å². The lowest BCUT2D eigenvalue weighted by molar-refractivity contribution is -0.126. The molecule has 0 spiro atoms. The Bertz CT molecular complexity index is 494. The van der Waals surface area contributed by atoms with E-state index in [-0.39, 0.29) is 11.7 Å². The Hall–Kier alpha value is -1.88. The summed E-state index contributed by atoms with van der Waals surface area (Å²) in [4.78, 5) is 27.7. The molecule has 1 fully saturated rings. The quantitative estimate of drug-likeness (QED) is 0.509. The molecule has 1 amide bonds. The molecule has 0 N–H and O–H groups in total. The van der Waals surface area contributed by atoms with Gasteiger partial charge in [0, 0.05) is 38.9 Å². The van der Waals surface area contributed by atoms with Crippen molar-refractivity contribution in [2.75, 3.05) is 33.4 Å². The highest BCUT2D eigenvalue weighted by molar-refractivity contribution is 5.93. The molecule has 23 heavy (non-hydrogen) atoms. The third-order valence-corrected chi connectivity index (χ3v) is 3.73. The van der Waals surface area contributed by atoms with Gasteiger partial charge in [-0.25, -0.2) is 0 Å². The van der Waals surface area contributed by atoms with Gasteiger partial charge in [0.05, 0.1) is 18.8 Å². The molecular weight excluding hydrogens is 292 g/mol. The second-order valence-corrected chi connectivity index (χ2v) is 5.62. The molecule has 0 aromatic rings. The summed E-state index contributed by atoms with van der Waals surface area (Å²) in [5.41, 5.74) is 1.48. The van der Waals surface area contributed by atoms with Crippen molar-refractivity contribution in [3.8, 4) is 0 Å². The van der Waals surface area contributed by atoms with Crippen molar-refractivity contribution in [2.24, 2.45) is 0 Å². The molecule has 1 aliphatic rings. The number of Topliss-reactive ketones (excluding diaryl/α,β-unsaturated/α-hetero) is 1. The van der Waals surface area contributed by atoms with Gasteiger partial charge in [0.25, 0.3) is 0 Å². The van der Waals surface area contributed by atoms with Gasteiger partial charge >= 0.3 is 0 Å². The van der Waals surface area contributed by atoms with Crippen LogP contribution in [-0.2, 0) is 14.3 Å². The van der Waals surface area contributed by atoms with Crippen molar-refractivity contribution in [2.45, 2.75) is 33.1 Å². The van der Waals surface area contributed by atoms with E-state index in [0.29, 0.717) is 31.9 Å². The molecule has 0 aromatic carbocycles. The van der Waals surface area contributed by atoms with Crippen molar-refractivity contribution < 1.29 is 14.3 Å². The van der Waals surface area contributed by atoms with Gasteiger partial charge in [0.2, 0.25) is 5.91 Å². The maximum atomic E-state index is 12.1. The molecule has 5 heteroatoms. The topological polar surface area (TPSA) is 49.9 Å². The summed E-state index contributed by atoms with van der Waals surface area (Å²) in [5.74, 6) is -0.00999. The van der Waals surface area contributed by atoms with E-state index in [2.05, 4.69) is 13.5 Å². The largest absolute Gasteiger partial charge is 0.381 e. The number of ether oxygens (including phenoxy) is 1. The molecule has 0 atom stereocenters. The fraction of sp³-hybridized carbons (Fsp3) is 0.556. The second-order valence-electron chi connectivity index (χ2n) is 5.62. The van der Waals surface area contributed by atoms with Gasteiger partial charge in [-0.1, -0.05) is 32.1 Å². The Balaban J connectivity index is 2.70. The summed E-state index contributed by atoms with van der Waals surface area (Å²) in [6.45, 7) is 9.78. The summed E-state index contributed by atoms with van der Waals surface area (Å²) in [6.07, 6.45) is 8.26. The fourth-order valence-corrected chi connectivity index (χ4v) is 2.48. The van der Waals surface area contributed by atoms with Crippen LogP contribution in [0.25, 0.3) is 0 Å². The van der Waals surface area contributed by atoms with Crippen LogP contribution in [-0.4, -0.2) is 54.8 Å². The first kappa shape index (κ1) is 19.2. The highest BCUT2D eigenvalue weighted by atomic mass is 16.5. The summed E-state index contributed by atoms with van der Waals surface area (Å²) < 4.78 is 4.89. The molecule has 0 aromatic heterocycles. The molecule has 1 saturated heterocycles. The first-order valence-corrected chi connectivity index (χ1v) is 8.12. The zero-order valence-electron chi connectivity index (χ0n) is 14.5. The number of nitrogens with zero attached hydrogens (tertiary/aromatic N) is 2. The number of hydrogen-bond acceptors (Lipinski definition) is 4. The number of carbonyl (C=O) groups excluding carboxylic acids is 2. The van der Waals surface area contributed by atoms with Gasteiger partial charge in [-0.15, -0.1) is 0 Å². The third-order valence-electron chi connectivity index (χ3n) is 3.73. The minimum atomic E-state index is -0.0535. The van der Waals surface area contributed by atoms with E-state index in [4.69, 9.17) is 4.74 Å². The zero-order valence-corrected chi connectivity index (χ0v) is 14.5. The number of unbranched alkanes of at least 4 members (excludes halogenated alkanes) is 2. The summed E-state index contributed by atoms with van der Waals surface area (Å²) in [7, 11) is 1.59. The molecule has 1 rings (SSSR count). The maximum Gasteiger partial charge on any atom is 0.246 e. The molecule has 0 aliphatic carbocycles. The van der Waals surface area contributed by atoms with Crippen LogP contribution in [0.4, 0.5) is 0 Å². The molecule has 1 aliphatic heterocycles. The van der Waals surface area contributed by atoms with E-state index in [1.54, 1.807) is 25.0 Å². The Morgan fingerprint density at radius 1 is 1.35 bits per heavy atom.